The molecule has 2 rings (SSSR count). The normalized spacial score (nSPS) is 21.9. The zero-order valence-electron chi connectivity index (χ0n) is 12.9. The molecule has 1 saturated carbocycles. The van der Waals surface area contributed by atoms with Gasteiger partial charge in [-0.25, -0.2) is 22.3 Å². The Kier molecular flexibility index (Phi) is 5.72. The van der Waals surface area contributed by atoms with Crippen LogP contribution >= 0.6 is 0 Å². The minimum Gasteiger partial charge on any atom is -0.465 e. The van der Waals surface area contributed by atoms with Gasteiger partial charge in [0.1, 0.15) is 5.82 Å². The van der Waals surface area contributed by atoms with E-state index in [9.17, 15) is 17.6 Å². The maximum Gasteiger partial charge on any atom is 0.339 e. The van der Waals surface area contributed by atoms with E-state index in [1.165, 1.54) is 0 Å². The van der Waals surface area contributed by atoms with E-state index in [4.69, 9.17) is 5.73 Å². The highest BCUT2D eigenvalue weighted by Gasteiger charge is 2.31. The quantitative estimate of drug-likeness (QED) is 0.787. The first-order chi connectivity index (χ1) is 10.9. The van der Waals surface area contributed by atoms with Crippen LogP contribution in [0.5, 0.6) is 0 Å². The van der Waals surface area contributed by atoms with E-state index in [1.807, 2.05) is 0 Å². The Bertz CT molecular complexity index is 678. The SMILES string of the molecule is COC(=O)c1cc(F)ccc1S(=O)(=O)NC1CCCCC1CN. The molecule has 1 aromatic rings. The van der Waals surface area contributed by atoms with Crippen molar-refractivity contribution < 1.29 is 22.3 Å². The minimum atomic E-state index is -3.98. The summed E-state index contributed by atoms with van der Waals surface area (Å²) in [6.45, 7) is 0.389. The highest BCUT2D eigenvalue weighted by atomic mass is 32.2. The maximum absolute atomic E-state index is 13.4. The molecule has 3 N–H and O–H groups in total. The fourth-order valence-corrected chi connectivity index (χ4v) is 4.43. The number of nitrogens with one attached hydrogen (secondary N) is 1. The molecular weight excluding hydrogens is 323 g/mol. The van der Waals surface area contributed by atoms with Crippen LogP contribution in [-0.2, 0) is 14.8 Å². The number of carbonyl (C=O) groups excluding carboxylic acids is 1. The molecular formula is C15H21FN2O4S. The van der Waals surface area contributed by atoms with Crippen LogP contribution in [0, 0.1) is 11.7 Å². The third-order valence-electron chi connectivity index (χ3n) is 4.15. The molecule has 0 bridgehead atoms. The lowest BCUT2D eigenvalue weighted by molar-refractivity contribution is 0.0595. The van der Waals surface area contributed by atoms with Gasteiger partial charge in [-0.2, -0.15) is 0 Å². The third kappa shape index (κ3) is 4.07. The van der Waals surface area contributed by atoms with Gasteiger partial charge >= 0.3 is 5.97 Å². The second kappa shape index (κ2) is 7.37. The molecule has 1 aliphatic carbocycles. The topological polar surface area (TPSA) is 98.5 Å². The first-order valence-electron chi connectivity index (χ1n) is 7.49. The summed E-state index contributed by atoms with van der Waals surface area (Å²) in [5.41, 5.74) is 5.39. The van der Waals surface area contributed by atoms with E-state index in [-0.39, 0.29) is 22.4 Å². The summed E-state index contributed by atoms with van der Waals surface area (Å²) in [6, 6.07) is 2.66. The van der Waals surface area contributed by atoms with Crippen molar-refractivity contribution in [3.05, 3.63) is 29.6 Å². The lowest BCUT2D eigenvalue weighted by Crippen LogP contribution is -2.44. The Balaban J connectivity index is 2.34. The van der Waals surface area contributed by atoms with Crippen LogP contribution < -0.4 is 10.5 Å². The van der Waals surface area contributed by atoms with E-state index < -0.39 is 21.8 Å². The zero-order chi connectivity index (χ0) is 17.0. The van der Waals surface area contributed by atoms with Crippen molar-refractivity contribution in [1.82, 2.24) is 4.72 Å². The molecule has 0 aromatic heterocycles. The molecule has 6 nitrogen and oxygen atoms in total. The Morgan fingerprint density at radius 1 is 1.39 bits per heavy atom. The molecule has 0 saturated heterocycles. The number of esters is 1. The highest BCUT2D eigenvalue weighted by molar-refractivity contribution is 7.89. The molecule has 1 aromatic carbocycles. The number of halogens is 1. The summed E-state index contributed by atoms with van der Waals surface area (Å²) in [6.07, 6.45) is 3.48. The average molecular weight is 344 g/mol. The molecule has 0 heterocycles. The molecule has 128 valence electrons. The third-order valence-corrected chi connectivity index (χ3v) is 5.70. The van der Waals surface area contributed by atoms with Crippen molar-refractivity contribution in [3.63, 3.8) is 0 Å². The molecule has 0 spiro atoms. The van der Waals surface area contributed by atoms with Crippen LogP contribution in [0.3, 0.4) is 0 Å². The molecule has 0 amide bonds. The van der Waals surface area contributed by atoms with Crippen LogP contribution in [0.4, 0.5) is 4.39 Å². The number of methoxy groups -OCH3 is 1. The molecule has 2 atom stereocenters. The molecule has 1 fully saturated rings. The maximum atomic E-state index is 13.4. The molecule has 0 radical (unpaired) electrons. The van der Waals surface area contributed by atoms with Gasteiger partial charge in [-0.05, 0) is 43.5 Å². The predicted molar refractivity (Wildman–Crippen MR) is 82.9 cm³/mol. The summed E-state index contributed by atoms with van der Waals surface area (Å²) in [5.74, 6) is -1.55. The van der Waals surface area contributed by atoms with Crippen LogP contribution in [0.15, 0.2) is 23.1 Å². The van der Waals surface area contributed by atoms with Gasteiger partial charge in [0.05, 0.1) is 17.6 Å². The van der Waals surface area contributed by atoms with E-state index in [1.54, 1.807) is 0 Å². The molecule has 0 aliphatic heterocycles. The van der Waals surface area contributed by atoms with Crippen LogP contribution in [0.2, 0.25) is 0 Å². The fourth-order valence-electron chi connectivity index (χ4n) is 2.91. The van der Waals surface area contributed by atoms with Gasteiger partial charge in [0.15, 0.2) is 0 Å². The zero-order valence-corrected chi connectivity index (χ0v) is 13.7. The Labute approximate surface area is 135 Å². The molecule has 23 heavy (non-hydrogen) atoms. The number of sulfonamides is 1. The number of rotatable bonds is 5. The monoisotopic (exact) mass is 344 g/mol. The number of hydrogen-bond donors (Lipinski definition) is 2. The predicted octanol–water partition coefficient (Wildman–Crippen LogP) is 1.41. The van der Waals surface area contributed by atoms with Crippen molar-refractivity contribution in [1.29, 1.82) is 0 Å². The van der Waals surface area contributed by atoms with Gasteiger partial charge in [-0.3, -0.25) is 0 Å². The smallest absolute Gasteiger partial charge is 0.339 e. The second-order valence-corrected chi connectivity index (χ2v) is 7.32. The van der Waals surface area contributed by atoms with Crippen molar-refractivity contribution in [3.8, 4) is 0 Å². The van der Waals surface area contributed by atoms with Gasteiger partial charge in [-0.1, -0.05) is 12.8 Å². The number of carbonyl (C=O) groups is 1. The molecule has 8 heteroatoms. The van der Waals surface area contributed by atoms with E-state index >= 15 is 0 Å². The number of hydrogen-bond acceptors (Lipinski definition) is 5. The Morgan fingerprint density at radius 3 is 2.74 bits per heavy atom. The first-order valence-corrected chi connectivity index (χ1v) is 8.97. The minimum absolute atomic E-state index is 0.0561. The van der Waals surface area contributed by atoms with Crippen molar-refractivity contribution in [2.24, 2.45) is 11.7 Å². The summed E-state index contributed by atoms with van der Waals surface area (Å²) < 4.78 is 45.8. The van der Waals surface area contributed by atoms with Crippen molar-refractivity contribution in [2.45, 2.75) is 36.6 Å². The van der Waals surface area contributed by atoms with Gasteiger partial charge in [0.25, 0.3) is 0 Å². The first kappa shape index (κ1) is 17.8. The van der Waals surface area contributed by atoms with E-state index in [2.05, 4.69) is 9.46 Å². The largest absolute Gasteiger partial charge is 0.465 e. The summed E-state index contributed by atoms with van der Waals surface area (Å²) in [5, 5.41) is 0. The lowest BCUT2D eigenvalue weighted by Gasteiger charge is -2.31. The highest BCUT2D eigenvalue weighted by Crippen LogP contribution is 2.26. The van der Waals surface area contributed by atoms with Gasteiger partial charge in [-0.15, -0.1) is 0 Å². The van der Waals surface area contributed by atoms with Gasteiger partial charge < -0.3 is 10.5 Å². The van der Waals surface area contributed by atoms with Crippen molar-refractivity contribution in [2.75, 3.05) is 13.7 Å². The molecule has 2 unspecified atom stereocenters. The Morgan fingerprint density at radius 2 is 2.09 bits per heavy atom. The Hall–Kier alpha value is -1.51. The molecule has 1 aliphatic rings. The standard InChI is InChI=1S/C15H21FN2O4S/c1-22-15(19)12-8-11(16)6-7-14(12)23(20,21)18-13-5-3-2-4-10(13)9-17/h6-8,10,13,18H,2-5,9,17H2,1H3. The summed E-state index contributed by atoms with van der Waals surface area (Å²) in [7, 11) is -2.86. The summed E-state index contributed by atoms with van der Waals surface area (Å²) in [4.78, 5) is 11.5. The lowest BCUT2D eigenvalue weighted by atomic mass is 9.85. The number of ether oxygens (including phenoxy) is 1. The fraction of sp³-hybridized carbons (Fsp3) is 0.533. The van der Waals surface area contributed by atoms with E-state index in [0.29, 0.717) is 13.0 Å². The number of benzene rings is 1. The second-order valence-electron chi connectivity index (χ2n) is 5.64. The van der Waals surface area contributed by atoms with E-state index in [0.717, 1.165) is 44.6 Å². The summed E-state index contributed by atoms with van der Waals surface area (Å²) >= 11 is 0. The van der Waals surface area contributed by atoms with Crippen LogP contribution in [-0.4, -0.2) is 34.1 Å². The van der Waals surface area contributed by atoms with Crippen LogP contribution in [0.25, 0.3) is 0 Å². The number of nitrogens with two attached hydrogens (primary N) is 1. The van der Waals surface area contributed by atoms with Crippen molar-refractivity contribution >= 4 is 16.0 Å². The van der Waals surface area contributed by atoms with Gasteiger partial charge in [0.2, 0.25) is 10.0 Å². The van der Waals surface area contributed by atoms with Gasteiger partial charge in [0, 0.05) is 6.04 Å². The van der Waals surface area contributed by atoms with Crippen LogP contribution in [0.1, 0.15) is 36.0 Å². The average Bonchev–Trinajstić information content (AvgIpc) is 2.53.